The monoisotopic (exact) mass is 338 g/mol. The molecule has 0 aliphatic carbocycles. The number of nitrogens with zero attached hydrogens (tertiary/aromatic N) is 1. The number of fused-ring (bicyclic) bond motifs is 1. The van der Waals surface area contributed by atoms with Crippen LogP contribution in [0.15, 0.2) is 48.5 Å². The largest absolute Gasteiger partial charge is 0.465 e. The van der Waals surface area contributed by atoms with Gasteiger partial charge in [-0.2, -0.15) is 0 Å². The first-order valence-corrected chi connectivity index (χ1v) is 8.44. The average Bonchev–Trinajstić information content (AvgIpc) is 2.67. The van der Waals surface area contributed by atoms with E-state index in [1.165, 1.54) is 18.2 Å². The second-order valence-electron chi connectivity index (χ2n) is 6.08. The lowest BCUT2D eigenvalue weighted by atomic mass is 10.00. The molecule has 1 N–H and O–H groups in total. The van der Waals surface area contributed by atoms with Crippen molar-refractivity contribution in [2.45, 2.75) is 19.4 Å². The van der Waals surface area contributed by atoms with Crippen molar-refractivity contribution in [3.8, 4) is 0 Å². The number of amides is 1. The molecular weight excluding hydrogens is 316 g/mol. The van der Waals surface area contributed by atoms with E-state index in [9.17, 15) is 9.59 Å². The van der Waals surface area contributed by atoms with Crippen molar-refractivity contribution in [1.29, 1.82) is 0 Å². The van der Waals surface area contributed by atoms with E-state index in [1.807, 2.05) is 23.1 Å². The highest BCUT2D eigenvalue weighted by atomic mass is 16.5. The fraction of sp³-hybridized carbons (Fsp3) is 0.300. The van der Waals surface area contributed by atoms with Crippen LogP contribution in [0.3, 0.4) is 0 Å². The van der Waals surface area contributed by atoms with Gasteiger partial charge < -0.3 is 15.0 Å². The van der Waals surface area contributed by atoms with Crippen LogP contribution in [0.25, 0.3) is 0 Å². The van der Waals surface area contributed by atoms with E-state index in [0.717, 1.165) is 18.7 Å². The van der Waals surface area contributed by atoms with Gasteiger partial charge >= 0.3 is 5.97 Å². The van der Waals surface area contributed by atoms with Crippen molar-refractivity contribution in [2.75, 3.05) is 25.5 Å². The molecular formula is C20H22N2O3. The summed E-state index contributed by atoms with van der Waals surface area (Å²) in [5.41, 5.74) is 3.87. The van der Waals surface area contributed by atoms with Crippen LogP contribution in [0.1, 0.15) is 27.9 Å². The highest BCUT2D eigenvalue weighted by Gasteiger charge is 2.19. The maximum absolute atomic E-state index is 12.4. The zero-order chi connectivity index (χ0) is 17.6. The summed E-state index contributed by atoms with van der Waals surface area (Å²) in [6.45, 7) is 1.99. The van der Waals surface area contributed by atoms with E-state index in [1.54, 1.807) is 18.2 Å². The van der Waals surface area contributed by atoms with E-state index >= 15 is 0 Å². The molecule has 0 aromatic heterocycles. The molecule has 1 amide bonds. The molecule has 1 heterocycles. The van der Waals surface area contributed by atoms with E-state index < -0.39 is 0 Å². The molecule has 0 radical (unpaired) electrons. The van der Waals surface area contributed by atoms with Crippen molar-refractivity contribution in [3.63, 3.8) is 0 Å². The van der Waals surface area contributed by atoms with Gasteiger partial charge in [-0.15, -0.1) is 0 Å². The molecule has 1 aliphatic heterocycles. The molecule has 5 nitrogen and oxygen atoms in total. The van der Waals surface area contributed by atoms with Gasteiger partial charge in [0.25, 0.3) is 0 Å². The maximum Gasteiger partial charge on any atom is 0.337 e. The maximum atomic E-state index is 12.4. The molecule has 0 saturated carbocycles. The summed E-state index contributed by atoms with van der Waals surface area (Å²) in [5.74, 6) is -0.224. The van der Waals surface area contributed by atoms with Gasteiger partial charge in [-0.25, -0.2) is 4.79 Å². The Kier molecular flexibility index (Phi) is 5.33. The molecule has 2 aromatic carbocycles. The number of hydrogen-bond acceptors (Lipinski definition) is 4. The first-order chi connectivity index (χ1) is 12.2. The van der Waals surface area contributed by atoms with E-state index in [4.69, 9.17) is 4.74 Å². The van der Waals surface area contributed by atoms with Crippen LogP contribution in [0.2, 0.25) is 0 Å². The zero-order valence-electron chi connectivity index (χ0n) is 14.3. The van der Waals surface area contributed by atoms with E-state index in [0.29, 0.717) is 25.1 Å². The highest BCUT2D eigenvalue weighted by Crippen LogP contribution is 2.19. The van der Waals surface area contributed by atoms with Crippen LogP contribution in [0, 0.1) is 0 Å². The third-order valence-electron chi connectivity index (χ3n) is 4.44. The molecule has 0 bridgehead atoms. The Morgan fingerprint density at radius 2 is 1.92 bits per heavy atom. The average molecular weight is 338 g/mol. The second-order valence-corrected chi connectivity index (χ2v) is 6.08. The molecule has 130 valence electrons. The summed E-state index contributed by atoms with van der Waals surface area (Å²) in [7, 11) is 1.36. The van der Waals surface area contributed by atoms with Crippen molar-refractivity contribution in [2.24, 2.45) is 0 Å². The van der Waals surface area contributed by atoms with Gasteiger partial charge in [0.15, 0.2) is 0 Å². The number of rotatable bonds is 5. The molecule has 0 atom stereocenters. The van der Waals surface area contributed by atoms with Crippen LogP contribution in [0.4, 0.5) is 5.69 Å². The SMILES string of the molecule is COC(=O)c1cccc(NCCC(=O)N2CCc3ccccc3C2)c1. The van der Waals surface area contributed by atoms with Crippen LogP contribution >= 0.6 is 0 Å². The Labute approximate surface area is 147 Å². The van der Waals surface area contributed by atoms with Gasteiger partial charge in [0, 0.05) is 31.7 Å². The first kappa shape index (κ1) is 17.0. The number of hydrogen-bond donors (Lipinski definition) is 1. The van der Waals surface area contributed by atoms with Gasteiger partial charge in [0.05, 0.1) is 12.7 Å². The number of nitrogens with one attached hydrogen (secondary N) is 1. The molecule has 25 heavy (non-hydrogen) atoms. The van der Waals surface area contributed by atoms with E-state index in [2.05, 4.69) is 17.4 Å². The van der Waals surface area contributed by atoms with Gasteiger partial charge in [-0.1, -0.05) is 30.3 Å². The molecule has 0 saturated heterocycles. The minimum atomic E-state index is -0.369. The van der Waals surface area contributed by atoms with Crippen molar-refractivity contribution >= 4 is 17.6 Å². The van der Waals surface area contributed by atoms with Crippen molar-refractivity contribution in [3.05, 3.63) is 65.2 Å². The Morgan fingerprint density at radius 1 is 1.12 bits per heavy atom. The van der Waals surface area contributed by atoms with Gasteiger partial charge in [0.2, 0.25) is 5.91 Å². The molecule has 0 unspecified atom stereocenters. The second kappa shape index (κ2) is 7.83. The summed E-state index contributed by atoms with van der Waals surface area (Å²) in [5, 5.41) is 3.20. The number of carbonyl (C=O) groups excluding carboxylic acids is 2. The molecule has 0 fully saturated rings. The summed E-state index contributed by atoms with van der Waals surface area (Å²) in [6.07, 6.45) is 1.33. The Balaban J connectivity index is 1.51. The summed E-state index contributed by atoms with van der Waals surface area (Å²) >= 11 is 0. The zero-order valence-corrected chi connectivity index (χ0v) is 14.3. The third-order valence-corrected chi connectivity index (χ3v) is 4.44. The van der Waals surface area contributed by atoms with Gasteiger partial charge in [-0.05, 0) is 35.7 Å². The predicted molar refractivity (Wildman–Crippen MR) is 96.5 cm³/mol. The van der Waals surface area contributed by atoms with Gasteiger partial charge in [0.1, 0.15) is 0 Å². The number of ether oxygens (including phenoxy) is 1. The lowest BCUT2D eigenvalue weighted by Gasteiger charge is -2.29. The predicted octanol–water partition coefficient (Wildman–Crippen LogP) is 2.86. The van der Waals surface area contributed by atoms with E-state index in [-0.39, 0.29) is 11.9 Å². The first-order valence-electron chi connectivity index (χ1n) is 8.44. The quantitative estimate of drug-likeness (QED) is 0.852. The Morgan fingerprint density at radius 3 is 2.72 bits per heavy atom. The fourth-order valence-electron chi connectivity index (χ4n) is 3.05. The normalized spacial score (nSPS) is 13.1. The highest BCUT2D eigenvalue weighted by molar-refractivity contribution is 5.90. The van der Waals surface area contributed by atoms with Crippen LogP contribution in [0.5, 0.6) is 0 Å². The fourth-order valence-corrected chi connectivity index (χ4v) is 3.05. The Bertz CT molecular complexity index is 773. The lowest BCUT2D eigenvalue weighted by Crippen LogP contribution is -2.36. The van der Waals surface area contributed by atoms with Gasteiger partial charge in [-0.3, -0.25) is 4.79 Å². The number of methoxy groups -OCH3 is 1. The number of esters is 1. The molecule has 3 rings (SSSR count). The van der Waals surface area contributed by atoms with Crippen LogP contribution in [-0.2, 0) is 22.5 Å². The molecule has 2 aromatic rings. The molecule has 1 aliphatic rings. The third kappa shape index (κ3) is 4.18. The minimum Gasteiger partial charge on any atom is -0.465 e. The molecule has 5 heteroatoms. The summed E-state index contributed by atoms with van der Waals surface area (Å²) < 4.78 is 4.71. The van der Waals surface area contributed by atoms with Crippen molar-refractivity contribution < 1.29 is 14.3 Å². The summed E-state index contributed by atoms with van der Waals surface area (Å²) in [6, 6.07) is 15.4. The minimum absolute atomic E-state index is 0.145. The summed E-state index contributed by atoms with van der Waals surface area (Å²) in [4.78, 5) is 25.9. The van der Waals surface area contributed by atoms with Crippen LogP contribution < -0.4 is 5.32 Å². The van der Waals surface area contributed by atoms with Crippen molar-refractivity contribution in [1.82, 2.24) is 4.90 Å². The standard InChI is InChI=1S/C20H22N2O3/c1-25-20(24)16-7-4-8-18(13-16)21-11-9-19(23)22-12-10-15-5-2-3-6-17(15)14-22/h2-8,13,21H,9-12,14H2,1H3. The van der Waals surface area contributed by atoms with Crippen LogP contribution in [-0.4, -0.2) is 37.0 Å². The lowest BCUT2D eigenvalue weighted by molar-refractivity contribution is -0.131. The number of benzene rings is 2. The Hall–Kier alpha value is -2.82. The molecule has 0 spiro atoms. The number of anilines is 1. The topological polar surface area (TPSA) is 58.6 Å². The smallest absolute Gasteiger partial charge is 0.337 e. The number of carbonyl (C=O) groups is 2.